The molecule has 2 aromatic carbocycles. The van der Waals surface area contributed by atoms with Gasteiger partial charge >= 0.3 is 0 Å². The molecular weight excluding hydrogens is 399 g/mol. The molecule has 0 saturated carbocycles. The number of sulfonamides is 1. The van der Waals surface area contributed by atoms with Crippen molar-refractivity contribution in [1.82, 2.24) is 9.62 Å². The van der Waals surface area contributed by atoms with Crippen molar-refractivity contribution in [2.45, 2.75) is 18.0 Å². The van der Waals surface area contributed by atoms with E-state index in [4.69, 9.17) is 0 Å². The lowest BCUT2D eigenvalue weighted by Crippen LogP contribution is -2.27. The molecule has 1 N–H and O–H groups in total. The lowest BCUT2D eigenvalue weighted by molar-refractivity contribution is 0.0785. The van der Waals surface area contributed by atoms with Gasteiger partial charge in [0.15, 0.2) is 0 Å². The average molecular weight is 419 g/mol. The summed E-state index contributed by atoms with van der Waals surface area (Å²) in [5, 5.41) is 1.87. The Hall–Kier alpha value is -2.55. The highest BCUT2D eigenvalue weighted by Crippen LogP contribution is 2.16. The van der Waals surface area contributed by atoms with Gasteiger partial charge < -0.3 is 4.90 Å². The molecule has 146 valence electrons. The summed E-state index contributed by atoms with van der Waals surface area (Å²) in [6.45, 7) is 0.482. The SMILES string of the molecule is CN(Cc1ccc(F)cc1)C(=O)c1cccc(S(=O)(=O)NCc2cccs2)c1. The van der Waals surface area contributed by atoms with E-state index in [2.05, 4.69) is 4.72 Å². The van der Waals surface area contributed by atoms with E-state index < -0.39 is 10.0 Å². The Balaban J connectivity index is 1.72. The molecule has 3 rings (SSSR count). The van der Waals surface area contributed by atoms with E-state index in [-0.39, 0.29) is 35.3 Å². The van der Waals surface area contributed by atoms with Gasteiger partial charge in [-0.3, -0.25) is 4.79 Å². The number of hydrogen-bond donors (Lipinski definition) is 1. The summed E-state index contributed by atoms with van der Waals surface area (Å²) in [5.74, 6) is -0.662. The maximum absolute atomic E-state index is 13.0. The molecule has 0 radical (unpaired) electrons. The van der Waals surface area contributed by atoms with Gasteiger partial charge in [-0.2, -0.15) is 0 Å². The van der Waals surface area contributed by atoms with Crippen LogP contribution >= 0.6 is 11.3 Å². The standard InChI is InChI=1S/C20H19FN2O3S2/c1-23(14-15-7-9-17(21)10-8-15)20(24)16-4-2-6-19(12-16)28(25,26)22-13-18-5-3-11-27-18/h2-12,22H,13-14H2,1H3. The number of nitrogens with one attached hydrogen (secondary N) is 1. The second kappa shape index (κ2) is 8.64. The monoisotopic (exact) mass is 418 g/mol. The smallest absolute Gasteiger partial charge is 0.253 e. The summed E-state index contributed by atoms with van der Waals surface area (Å²) in [5.41, 5.74) is 1.04. The molecule has 0 saturated heterocycles. The number of carbonyl (C=O) groups excluding carboxylic acids is 1. The lowest BCUT2D eigenvalue weighted by atomic mass is 10.1. The van der Waals surface area contributed by atoms with Crippen LogP contribution in [0.15, 0.2) is 70.9 Å². The number of halogens is 1. The molecule has 0 fully saturated rings. The number of thiophene rings is 1. The van der Waals surface area contributed by atoms with Crippen LogP contribution in [0.4, 0.5) is 4.39 Å². The number of amides is 1. The third-order valence-corrected chi connectivity index (χ3v) is 6.36. The molecule has 0 aliphatic rings. The van der Waals surface area contributed by atoms with Crippen molar-refractivity contribution < 1.29 is 17.6 Å². The second-order valence-electron chi connectivity index (χ2n) is 6.22. The van der Waals surface area contributed by atoms with E-state index in [1.807, 2.05) is 17.5 Å². The van der Waals surface area contributed by atoms with Crippen molar-refractivity contribution >= 4 is 27.3 Å². The molecule has 8 heteroatoms. The van der Waals surface area contributed by atoms with Gasteiger partial charge in [0.1, 0.15) is 5.82 Å². The molecule has 1 heterocycles. The van der Waals surface area contributed by atoms with Gasteiger partial charge in [-0.15, -0.1) is 11.3 Å². The van der Waals surface area contributed by atoms with Crippen molar-refractivity contribution in [2.24, 2.45) is 0 Å². The van der Waals surface area contributed by atoms with E-state index in [0.29, 0.717) is 0 Å². The van der Waals surface area contributed by atoms with Gasteiger partial charge in [-0.1, -0.05) is 24.3 Å². The van der Waals surface area contributed by atoms with E-state index in [1.54, 1.807) is 31.3 Å². The van der Waals surface area contributed by atoms with Gasteiger partial charge in [0.05, 0.1) is 4.90 Å². The van der Waals surface area contributed by atoms with Crippen LogP contribution in [0.3, 0.4) is 0 Å². The van der Waals surface area contributed by atoms with Gasteiger partial charge in [0, 0.05) is 30.6 Å². The molecule has 0 unspecified atom stereocenters. The number of hydrogen-bond acceptors (Lipinski definition) is 4. The minimum Gasteiger partial charge on any atom is -0.337 e. The van der Waals surface area contributed by atoms with Crippen LogP contribution in [0.2, 0.25) is 0 Å². The van der Waals surface area contributed by atoms with Crippen LogP contribution in [0, 0.1) is 5.82 Å². The molecule has 0 aliphatic heterocycles. The van der Waals surface area contributed by atoms with E-state index in [1.165, 1.54) is 40.5 Å². The summed E-state index contributed by atoms with van der Waals surface area (Å²) < 4.78 is 40.6. The van der Waals surface area contributed by atoms with E-state index >= 15 is 0 Å². The molecule has 0 bridgehead atoms. The van der Waals surface area contributed by atoms with E-state index in [9.17, 15) is 17.6 Å². The minimum absolute atomic E-state index is 0.0325. The van der Waals surface area contributed by atoms with Crippen molar-refractivity contribution in [3.05, 3.63) is 87.9 Å². The first kappa shape index (κ1) is 20.2. The third-order valence-electron chi connectivity index (χ3n) is 4.09. The molecule has 0 spiro atoms. The van der Waals surface area contributed by atoms with Gasteiger partial charge in [-0.05, 0) is 47.3 Å². The zero-order valence-electron chi connectivity index (χ0n) is 15.1. The Morgan fingerprint density at radius 2 is 1.86 bits per heavy atom. The zero-order valence-corrected chi connectivity index (χ0v) is 16.8. The largest absolute Gasteiger partial charge is 0.337 e. The second-order valence-corrected chi connectivity index (χ2v) is 9.02. The van der Waals surface area contributed by atoms with Gasteiger partial charge in [0.25, 0.3) is 5.91 Å². The number of benzene rings is 2. The van der Waals surface area contributed by atoms with Crippen molar-refractivity contribution in [1.29, 1.82) is 0 Å². The summed E-state index contributed by atoms with van der Waals surface area (Å²) in [7, 11) is -2.12. The predicted octanol–water partition coefficient (Wildman–Crippen LogP) is 3.64. The van der Waals surface area contributed by atoms with Crippen LogP contribution in [0.5, 0.6) is 0 Å². The molecular formula is C20H19FN2O3S2. The fourth-order valence-electron chi connectivity index (χ4n) is 2.61. The third kappa shape index (κ3) is 5.03. The summed E-state index contributed by atoms with van der Waals surface area (Å²) in [6, 6.07) is 15.5. The normalized spacial score (nSPS) is 11.4. The van der Waals surface area contributed by atoms with Crippen molar-refractivity contribution in [3.8, 4) is 0 Å². The number of nitrogens with zero attached hydrogens (tertiary/aromatic N) is 1. The van der Waals surface area contributed by atoms with Gasteiger partial charge in [-0.25, -0.2) is 17.5 Å². The topological polar surface area (TPSA) is 66.5 Å². The Kier molecular flexibility index (Phi) is 6.23. The highest BCUT2D eigenvalue weighted by Gasteiger charge is 2.18. The van der Waals surface area contributed by atoms with Crippen molar-refractivity contribution in [3.63, 3.8) is 0 Å². The maximum Gasteiger partial charge on any atom is 0.253 e. The molecule has 3 aromatic rings. The first-order chi connectivity index (χ1) is 13.3. The van der Waals surface area contributed by atoms with Crippen LogP contribution in [0.25, 0.3) is 0 Å². The number of carbonyl (C=O) groups is 1. The van der Waals surface area contributed by atoms with Crippen molar-refractivity contribution in [2.75, 3.05) is 7.05 Å². The maximum atomic E-state index is 13.0. The molecule has 0 atom stereocenters. The molecule has 1 aromatic heterocycles. The van der Waals surface area contributed by atoms with Crippen LogP contribution in [-0.2, 0) is 23.1 Å². The average Bonchev–Trinajstić information content (AvgIpc) is 3.21. The summed E-state index contributed by atoms with van der Waals surface area (Å²) in [4.78, 5) is 15.1. The lowest BCUT2D eigenvalue weighted by Gasteiger charge is -2.18. The Labute approximate surface area is 167 Å². The first-order valence-corrected chi connectivity index (χ1v) is 10.8. The minimum atomic E-state index is -3.74. The molecule has 0 aliphatic carbocycles. The van der Waals surface area contributed by atoms with Gasteiger partial charge in [0.2, 0.25) is 10.0 Å². The predicted molar refractivity (Wildman–Crippen MR) is 107 cm³/mol. The Bertz CT molecular complexity index is 1050. The Morgan fingerprint density at radius 1 is 1.11 bits per heavy atom. The van der Waals surface area contributed by atoms with Crippen LogP contribution in [-0.4, -0.2) is 26.3 Å². The molecule has 1 amide bonds. The number of rotatable bonds is 7. The quantitative estimate of drug-likeness (QED) is 0.637. The fraction of sp³-hybridized carbons (Fsp3) is 0.150. The molecule has 28 heavy (non-hydrogen) atoms. The summed E-state index contributed by atoms with van der Waals surface area (Å²) >= 11 is 1.46. The summed E-state index contributed by atoms with van der Waals surface area (Å²) in [6.07, 6.45) is 0. The Morgan fingerprint density at radius 3 is 2.54 bits per heavy atom. The fourth-order valence-corrected chi connectivity index (χ4v) is 4.40. The van der Waals surface area contributed by atoms with E-state index in [0.717, 1.165) is 10.4 Å². The first-order valence-electron chi connectivity index (χ1n) is 8.47. The highest BCUT2D eigenvalue weighted by atomic mass is 32.2. The van der Waals surface area contributed by atoms with Crippen LogP contribution in [0.1, 0.15) is 20.8 Å². The zero-order chi connectivity index (χ0) is 20.1. The van der Waals surface area contributed by atoms with Crippen LogP contribution < -0.4 is 4.72 Å². The highest BCUT2D eigenvalue weighted by molar-refractivity contribution is 7.89. The molecule has 5 nitrogen and oxygen atoms in total.